The molecule has 0 radical (unpaired) electrons. The van der Waals surface area contributed by atoms with Gasteiger partial charge in [-0.25, -0.2) is 4.99 Å². The summed E-state index contributed by atoms with van der Waals surface area (Å²) in [5.41, 5.74) is 9.41. The number of hydrogen-bond acceptors (Lipinski definition) is 8. The normalized spacial score (nSPS) is 23.5. The minimum Gasteiger partial charge on any atom is -0.311 e. The van der Waals surface area contributed by atoms with Crippen molar-refractivity contribution < 1.29 is 9.59 Å². The van der Waals surface area contributed by atoms with Crippen LogP contribution in [0.4, 0.5) is 22.7 Å². The lowest BCUT2D eigenvalue weighted by Gasteiger charge is -2.40. The standard InChI is InChI=1S/C38H35N5O2S/c1-22-7-13-27(14-8-22)43(28-15-9-23(2)10-16-28)29-17-11-24(12-18-29)33-36-35(41-46-42-36)32(21-39-33)40-34-30-19-25-5-3-4-6-26(25)20-31(30)37(44)38(34)45/h7-18,21,25-26,30-31H,3-6,19-20H2,1-2H3. The summed E-state index contributed by atoms with van der Waals surface area (Å²) in [6.45, 7) is 4.19. The van der Waals surface area contributed by atoms with Crippen LogP contribution in [0.2, 0.25) is 0 Å². The highest BCUT2D eigenvalue weighted by Gasteiger charge is 2.52. The smallest absolute Gasteiger partial charge is 0.243 e. The van der Waals surface area contributed by atoms with Crippen molar-refractivity contribution in [1.29, 1.82) is 0 Å². The molecule has 2 heterocycles. The molecule has 8 rings (SSSR count). The predicted molar refractivity (Wildman–Crippen MR) is 184 cm³/mol. The van der Waals surface area contributed by atoms with Crippen molar-refractivity contribution in [2.24, 2.45) is 28.7 Å². The third kappa shape index (κ3) is 5.05. The van der Waals surface area contributed by atoms with E-state index < -0.39 is 5.78 Å². The van der Waals surface area contributed by atoms with E-state index in [1.54, 1.807) is 6.20 Å². The Morgan fingerprint density at radius 2 is 1.26 bits per heavy atom. The molecule has 4 atom stereocenters. The van der Waals surface area contributed by atoms with Crippen molar-refractivity contribution in [2.45, 2.75) is 52.4 Å². The average molecular weight is 626 g/mol. The molecular weight excluding hydrogens is 591 g/mol. The van der Waals surface area contributed by atoms with Gasteiger partial charge in [-0.05, 0) is 74.9 Å². The number of carbonyl (C=O) groups excluding carboxylic acids is 2. The van der Waals surface area contributed by atoms with Crippen molar-refractivity contribution in [3.05, 3.63) is 90.1 Å². The number of rotatable bonds is 5. The zero-order chi connectivity index (χ0) is 31.4. The quantitative estimate of drug-likeness (QED) is 0.181. The molecule has 5 aromatic rings. The molecule has 0 spiro atoms. The largest absolute Gasteiger partial charge is 0.311 e. The van der Waals surface area contributed by atoms with Crippen LogP contribution in [0.1, 0.15) is 49.7 Å². The number of ketones is 2. The van der Waals surface area contributed by atoms with E-state index in [-0.39, 0.29) is 17.6 Å². The Morgan fingerprint density at radius 1 is 0.717 bits per heavy atom. The fraction of sp³-hybridized carbons (Fsp3) is 0.316. The number of aliphatic imine (C=N–C) groups is 1. The molecule has 0 N–H and O–H groups in total. The first kappa shape index (κ1) is 28.9. The van der Waals surface area contributed by atoms with E-state index in [9.17, 15) is 9.59 Å². The Labute approximate surface area is 272 Å². The number of pyridine rings is 1. The van der Waals surface area contributed by atoms with Gasteiger partial charge in [-0.15, -0.1) is 0 Å². The molecule has 0 amide bonds. The highest BCUT2D eigenvalue weighted by Crippen LogP contribution is 2.49. The first-order chi connectivity index (χ1) is 22.4. The number of anilines is 3. The van der Waals surface area contributed by atoms with Crippen LogP contribution < -0.4 is 4.90 Å². The van der Waals surface area contributed by atoms with E-state index in [2.05, 4.69) is 100 Å². The maximum atomic E-state index is 13.2. The topological polar surface area (TPSA) is 88.4 Å². The van der Waals surface area contributed by atoms with Crippen molar-refractivity contribution in [3.8, 4) is 11.3 Å². The maximum Gasteiger partial charge on any atom is 0.243 e. The molecule has 0 bridgehead atoms. The van der Waals surface area contributed by atoms with Crippen LogP contribution >= 0.6 is 11.7 Å². The van der Waals surface area contributed by atoms with E-state index >= 15 is 0 Å². The molecule has 3 fully saturated rings. The van der Waals surface area contributed by atoms with Crippen LogP contribution in [0.15, 0.2) is 84.0 Å². The van der Waals surface area contributed by atoms with Crippen LogP contribution in [0, 0.1) is 37.5 Å². The minimum absolute atomic E-state index is 0.0989. The summed E-state index contributed by atoms with van der Waals surface area (Å²) in [7, 11) is 0. The van der Waals surface area contributed by atoms with Gasteiger partial charge in [-0.1, -0.05) is 73.2 Å². The maximum absolute atomic E-state index is 13.2. The van der Waals surface area contributed by atoms with Crippen molar-refractivity contribution in [2.75, 3.05) is 4.90 Å². The molecule has 3 aromatic carbocycles. The van der Waals surface area contributed by atoms with Gasteiger partial charge in [0.2, 0.25) is 11.6 Å². The lowest BCUT2D eigenvalue weighted by Crippen LogP contribution is -2.35. The Hall–Kier alpha value is -4.56. The molecular formula is C38H35N5O2S. The lowest BCUT2D eigenvalue weighted by molar-refractivity contribution is -0.135. The Balaban J connectivity index is 1.12. The predicted octanol–water partition coefficient (Wildman–Crippen LogP) is 8.90. The van der Waals surface area contributed by atoms with Crippen LogP contribution in [-0.2, 0) is 9.59 Å². The Kier molecular flexibility index (Phi) is 7.32. The molecule has 0 aliphatic heterocycles. The number of benzene rings is 3. The van der Waals surface area contributed by atoms with Gasteiger partial charge in [-0.3, -0.25) is 14.6 Å². The van der Waals surface area contributed by atoms with Crippen LogP contribution in [0.3, 0.4) is 0 Å². The summed E-state index contributed by atoms with van der Waals surface area (Å²) in [5, 5.41) is 0. The van der Waals surface area contributed by atoms with E-state index in [0.717, 1.165) is 47.2 Å². The van der Waals surface area contributed by atoms with Crippen molar-refractivity contribution >= 4 is 62.8 Å². The van der Waals surface area contributed by atoms with Crippen molar-refractivity contribution in [1.82, 2.24) is 13.7 Å². The zero-order valence-corrected chi connectivity index (χ0v) is 26.8. The molecule has 3 saturated carbocycles. The number of fused-ring (bicyclic) bond motifs is 3. The summed E-state index contributed by atoms with van der Waals surface area (Å²) in [5.74, 6) is 0.148. The van der Waals surface area contributed by atoms with E-state index in [0.29, 0.717) is 40.0 Å². The first-order valence-corrected chi connectivity index (χ1v) is 17.0. The molecule has 3 aliphatic rings. The molecule has 230 valence electrons. The van der Waals surface area contributed by atoms with E-state index in [4.69, 9.17) is 9.98 Å². The van der Waals surface area contributed by atoms with E-state index in [1.807, 2.05) is 0 Å². The highest BCUT2D eigenvalue weighted by atomic mass is 32.1. The number of aromatic nitrogens is 3. The summed E-state index contributed by atoms with van der Waals surface area (Å²) >= 11 is 1.11. The van der Waals surface area contributed by atoms with Gasteiger partial charge in [-0.2, -0.15) is 8.75 Å². The summed E-state index contributed by atoms with van der Waals surface area (Å²) in [4.78, 5) is 38.2. The summed E-state index contributed by atoms with van der Waals surface area (Å²) in [6, 6.07) is 25.4. The van der Waals surface area contributed by atoms with Crippen LogP contribution in [0.5, 0.6) is 0 Å². The SMILES string of the molecule is Cc1ccc(N(c2ccc(C)cc2)c2ccc(-c3ncc(N=C4C(=O)C(=O)C5CC6CCCCC6CC45)c4nsnc34)cc2)cc1. The van der Waals surface area contributed by atoms with Crippen molar-refractivity contribution in [3.63, 3.8) is 0 Å². The van der Waals surface area contributed by atoms with E-state index in [1.165, 1.54) is 36.8 Å². The fourth-order valence-electron chi connectivity index (χ4n) is 7.86. The van der Waals surface area contributed by atoms with Gasteiger partial charge >= 0.3 is 0 Å². The second kappa shape index (κ2) is 11.7. The zero-order valence-electron chi connectivity index (χ0n) is 26.0. The highest BCUT2D eigenvalue weighted by molar-refractivity contribution is 7.00. The minimum atomic E-state index is -0.420. The second-order valence-electron chi connectivity index (χ2n) is 13.2. The van der Waals surface area contributed by atoms with Gasteiger partial charge in [0.05, 0.1) is 29.3 Å². The number of hydrogen-bond donors (Lipinski definition) is 0. The number of aryl methyl sites for hydroxylation is 2. The van der Waals surface area contributed by atoms with Crippen LogP contribution in [0.25, 0.3) is 22.3 Å². The van der Waals surface area contributed by atoms with Gasteiger partial charge in [0.1, 0.15) is 16.7 Å². The lowest BCUT2D eigenvalue weighted by atomic mass is 9.64. The number of carbonyl (C=O) groups is 2. The number of nitrogens with zero attached hydrogens (tertiary/aromatic N) is 5. The van der Waals surface area contributed by atoms with Gasteiger partial charge in [0, 0.05) is 34.5 Å². The Morgan fingerprint density at radius 3 is 1.87 bits per heavy atom. The molecule has 46 heavy (non-hydrogen) atoms. The van der Waals surface area contributed by atoms with Gasteiger partial charge < -0.3 is 4.90 Å². The van der Waals surface area contributed by atoms with Gasteiger partial charge in [0.15, 0.2) is 0 Å². The monoisotopic (exact) mass is 625 g/mol. The molecule has 4 unspecified atom stereocenters. The average Bonchev–Trinajstić information content (AvgIpc) is 3.66. The number of Topliss-reactive ketones (excluding diaryl/α,β-unsaturated/α-hetero) is 2. The molecule has 0 saturated heterocycles. The molecule has 3 aliphatic carbocycles. The fourth-order valence-corrected chi connectivity index (χ4v) is 8.42. The molecule has 2 aromatic heterocycles. The first-order valence-electron chi connectivity index (χ1n) is 16.3. The Bertz CT molecular complexity index is 1940. The third-order valence-electron chi connectivity index (χ3n) is 10.3. The molecule has 7 nitrogen and oxygen atoms in total. The van der Waals surface area contributed by atoms with Gasteiger partial charge in [0.25, 0.3) is 0 Å². The third-order valence-corrected chi connectivity index (χ3v) is 10.8. The molecule has 8 heteroatoms. The van der Waals surface area contributed by atoms with Crippen LogP contribution in [-0.4, -0.2) is 31.0 Å². The summed E-state index contributed by atoms with van der Waals surface area (Å²) < 4.78 is 9.18. The summed E-state index contributed by atoms with van der Waals surface area (Å²) in [6.07, 6.45) is 8.22. The second-order valence-corrected chi connectivity index (χ2v) is 13.7.